The molecule has 0 fully saturated rings. The molecule has 0 radical (unpaired) electrons. The van der Waals surface area contributed by atoms with Crippen LogP contribution in [0.15, 0.2) is 12.2 Å². The molecular formula is C15H26O4. The van der Waals surface area contributed by atoms with Gasteiger partial charge >= 0.3 is 11.9 Å². The second kappa shape index (κ2) is 6.73. The normalized spacial score (nSPS) is 11.9. The largest absolute Gasteiger partial charge is 0.460 e. The van der Waals surface area contributed by atoms with Crippen LogP contribution >= 0.6 is 0 Å². The molecule has 0 aromatic rings. The highest BCUT2D eigenvalue weighted by molar-refractivity contribution is 5.88. The Kier molecular flexibility index (Phi) is 6.27. The quantitative estimate of drug-likeness (QED) is 0.567. The van der Waals surface area contributed by atoms with Crippen molar-refractivity contribution in [1.29, 1.82) is 0 Å². The van der Waals surface area contributed by atoms with Gasteiger partial charge in [0.05, 0.1) is 0 Å². The third kappa shape index (κ3) is 10.3. The van der Waals surface area contributed by atoms with Crippen molar-refractivity contribution in [2.45, 2.75) is 72.0 Å². The maximum absolute atomic E-state index is 11.6. The van der Waals surface area contributed by atoms with Crippen molar-refractivity contribution in [2.75, 3.05) is 0 Å². The number of ether oxygens (including phenoxy) is 2. The number of hydrogen-bond donors (Lipinski definition) is 0. The average molecular weight is 270 g/mol. The van der Waals surface area contributed by atoms with Crippen molar-refractivity contribution >= 4 is 11.9 Å². The monoisotopic (exact) mass is 270 g/mol. The first-order valence-electron chi connectivity index (χ1n) is 6.54. The summed E-state index contributed by atoms with van der Waals surface area (Å²) in [6.07, 6.45) is 1.25. The molecule has 0 atom stereocenters. The van der Waals surface area contributed by atoms with E-state index in [-0.39, 0.29) is 12.4 Å². The summed E-state index contributed by atoms with van der Waals surface area (Å²) in [7, 11) is 0. The molecule has 0 N–H and O–H groups in total. The van der Waals surface area contributed by atoms with Crippen molar-refractivity contribution < 1.29 is 19.1 Å². The maximum Gasteiger partial charge on any atom is 0.333 e. The summed E-state index contributed by atoms with van der Waals surface area (Å²) in [4.78, 5) is 23.1. The van der Waals surface area contributed by atoms with Gasteiger partial charge in [0, 0.05) is 12.0 Å². The van der Waals surface area contributed by atoms with Crippen LogP contribution in [0.4, 0.5) is 0 Å². The molecule has 4 heteroatoms. The first-order chi connectivity index (χ1) is 8.41. The minimum Gasteiger partial charge on any atom is -0.460 e. The van der Waals surface area contributed by atoms with Crippen molar-refractivity contribution in [2.24, 2.45) is 0 Å². The Morgan fingerprint density at radius 2 is 1.37 bits per heavy atom. The van der Waals surface area contributed by atoms with Gasteiger partial charge in [-0.25, -0.2) is 4.79 Å². The molecule has 110 valence electrons. The van der Waals surface area contributed by atoms with E-state index < -0.39 is 17.2 Å². The van der Waals surface area contributed by atoms with Gasteiger partial charge in [0.2, 0.25) is 0 Å². The molecule has 19 heavy (non-hydrogen) atoms. The Hall–Kier alpha value is -1.32. The van der Waals surface area contributed by atoms with Crippen molar-refractivity contribution in [1.82, 2.24) is 0 Å². The summed E-state index contributed by atoms with van der Waals surface area (Å²) in [5, 5.41) is 0. The van der Waals surface area contributed by atoms with Crippen LogP contribution in [0.25, 0.3) is 0 Å². The van der Waals surface area contributed by atoms with E-state index in [2.05, 4.69) is 6.58 Å². The third-order valence-electron chi connectivity index (χ3n) is 1.97. The zero-order valence-electron chi connectivity index (χ0n) is 13.0. The molecule has 0 aliphatic rings. The van der Waals surface area contributed by atoms with E-state index in [0.29, 0.717) is 18.4 Å². The van der Waals surface area contributed by atoms with Crippen molar-refractivity contribution in [3.05, 3.63) is 12.2 Å². The highest BCUT2D eigenvalue weighted by Gasteiger charge is 2.19. The van der Waals surface area contributed by atoms with Crippen LogP contribution in [0.1, 0.15) is 60.8 Å². The number of esters is 2. The molecule has 0 heterocycles. The lowest BCUT2D eigenvalue weighted by molar-refractivity contribution is -0.155. The second-order valence-corrected chi connectivity index (χ2v) is 6.55. The van der Waals surface area contributed by atoms with Gasteiger partial charge in [-0.3, -0.25) is 4.79 Å². The number of rotatable bonds is 5. The zero-order valence-corrected chi connectivity index (χ0v) is 13.0. The standard InChI is InChI=1S/C15H26O4/c1-11(13(17)19-15(5,6)7)9-8-10-12(16)18-14(2,3)4/h1,8-10H2,2-7H3. The molecule has 0 rings (SSSR count). The summed E-state index contributed by atoms with van der Waals surface area (Å²) in [6, 6.07) is 0. The fraction of sp³-hybridized carbons (Fsp3) is 0.733. The van der Waals surface area contributed by atoms with Crippen LogP contribution in [0.5, 0.6) is 0 Å². The molecule has 0 bridgehead atoms. The van der Waals surface area contributed by atoms with E-state index >= 15 is 0 Å². The van der Waals surface area contributed by atoms with Gasteiger partial charge in [-0.1, -0.05) is 6.58 Å². The van der Waals surface area contributed by atoms with Crippen LogP contribution in [0.3, 0.4) is 0 Å². The Labute approximate surface area is 116 Å². The van der Waals surface area contributed by atoms with Crippen molar-refractivity contribution in [3.8, 4) is 0 Å². The first-order valence-corrected chi connectivity index (χ1v) is 6.54. The van der Waals surface area contributed by atoms with Crippen LogP contribution in [0, 0.1) is 0 Å². The Bertz CT molecular complexity index is 342. The summed E-state index contributed by atoms with van der Waals surface area (Å²) < 4.78 is 10.4. The van der Waals surface area contributed by atoms with Gasteiger partial charge in [0.15, 0.2) is 0 Å². The Balaban J connectivity index is 3.99. The van der Waals surface area contributed by atoms with Crippen molar-refractivity contribution in [3.63, 3.8) is 0 Å². The van der Waals surface area contributed by atoms with E-state index in [1.54, 1.807) is 20.8 Å². The smallest absolute Gasteiger partial charge is 0.333 e. The third-order valence-corrected chi connectivity index (χ3v) is 1.97. The van der Waals surface area contributed by atoms with Gasteiger partial charge in [-0.15, -0.1) is 0 Å². The van der Waals surface area contributed by atoms with E-state index in [1.807, 2.05) is 20.8 Å². The highest BCUT2D eigenvalue weighted by Crippen LogP contribution is 2.15. The minimum atomic E-state index is -0.523. The molecule has 0 saturated carbocycles. The average Bonchev–Trinajstić information content (AvgIpc) is 2.11. The van der Waals surface area contributed by atoms with Crippen LogP contribution < -0.4 is 0 Å². The van der Waals surface area contributed by atoms with Gasteiger partial charge in [0.25, 0.3) is 0 Å². The fourth-order valence-corrected chi connectivity index (χ4v) is 1.29. The van der Waals surface area contributed by atoms with Gasteiger partial charge < -0.3 is 9.47 Å². The zero-order chi connectivity index (χ0) is 15.3. The van der Waals surface area contributed by atoms with Crippen LogP contribution in [-0.4, -0.2) is 23.1 Å². The predicted octanol–water partition coefficient (Wildman–Crippen LogP) is 3.40. The second-order valence-electron chi connectivity index (χ2n) is 6.55. The topological polar surface area (TPSA) is 52.6 Å². The van der Waals surface area contributed by atoms with Gasteiger partial charge in [-0.2, -0.15) is 0 Å². The number of hydrogen-bond acceptors (Lipinski definition) is 4. The lowest BCUT2D eigenvalue weighted by Gasteiger charge is -2.20. The van der Waals surface area contributed by atoms with Gasteiger partial charge in [-0.05, 0) is 54.4 Å². The Morgan fingerprint density at radius 3 is 1.79 bits per heavy atom. The first kappa shape index (κ1) is 17.7. The summed E-state index contributed by atoms with van der Waals surface area (Å²) in [5.41, 5.74) is -0.608. The molecule has 0 aliphatic carbocycles. The molecule has 0 aromatic carbocycles. The molecule has 4 nitrogen and oxygen atoms in total. The highest BCUT2D eigenvalue weighted by atomic mass is 16.6. The molecule has 0 unspecified atom stereocenters. The maximum atomic E-state index is 11.6. The molecule has 0 aromatic heterocycles. The summed E-state index contributed by atoms with van der Waals surface area (Å²) in [5.74, 6) is -0.666. The SMILES string of the molecule is C=C(CCCC(=O)OC(C)(C)C)C(=O)OC(C)(C)C. The van der Waals surface area contributed by atoms with E-state index in [4.69, 9.17) is 9.47 Å². The van der Waals surface area contributed by atoms with Crippen LogP contribution in [0.2, 0.25) is 0 Å². The molecule has 0 spiro atoms. The fourth-order valence-electron chi connectivity index (χ4n) is 1.29. The lowest BCUT2D eigenvalue weighted by atomic mass is 10.1. The number of carbonyl (C=O) groups is 2. The molecule has 0 saturated heterocycles. The summed E-state index contributed by atoms with van der Waals surface area (Å²) >= 11 is 0. The molecular weight excluding hydrogens is 244 g/mol. The van der Waals surface area contributed by atoms with E-state index in [1.165, 1.54) is 0 Å². The molecule has 0 aliphatic heterocycles. The predicted molar refractivity (Wildman–Crippen MR) is 74.7 cm³/mol. The van der Waals surface area contributed by atoms with E-state index in [9.17, 15) is 9.59 Å². The van der Waals surface area contributed by atoms with Gasteiger partial charge in [0.1, 0.15) is 11.2 Å². The molecule has 0 amide bonds. The number of carbonyl (C=O) groups excluding carboxylic acids is 2. The minimum absolute atomic E-state index is 0.260. The van der Waals surface area contributed by atoms with E-state index in [0.717, 1.165) is 0 Å². The summed E-state index contributed by atoms with van der Waals surface area (Å²) in [6.45, 7) is 14.6. The van der Waals surface area contributed by atoms with Crippen LogP contribution in [-0.2, 0) is 19.1 Å². The Morgan fingerprint density at radius 1 is 0.895 bits per heavy atom. The lowest BCUT2D eigenvalue weighted by Crippen LogP contribution is -2.25.